The van der Waals surface area contributed by atoms with E-state index in [1.165, 1.54) is 4.90 Å². The molecular formula is C7H9NO2. The van der Waals surface area contributed by atoms with Crippen molar-refractivity contribution in [2.75, 3.05) is 13.1 Å². The van der Waals surface area contributed by atoms with Crippen LogP contribution >= 0.6 is 0 Å². The van der Waals surface area contributed by atoms with Crippen LogP contribution in [0.3, 0.4) is 0 Å². The molecule has 54 valence electrons. The SMILES string of the molecule is C#C[C@H]1CCN(C(=O)O)C1. The van der Waals surface area contributed by atoms with E-state index in [9.17, 15) is 4.79 Å². The van der Waals surface area contributed by atoms with Gasteiger partial charge in [-0.1, -0.05) is 0 Å². The Hall–Kier alpha value is -1.17. The van der Waals surface area contributed by atoms with Gasteiger partial charge in [0.1, 0.15) is 0 Å². The Balaban J connectivity index is 2.45. The van der Waals surface area contributed by atoms with Crippen LogP contribution in [0.15, 0.2) is 0 Å². The van der Waals surface area contributed by atoms with Crippen LogP contribution in [0.5, 0.6) is 0 Å². The van der Waals surface area contributed by atoms with E-state index in [-0.39, 0.29) is 5.92 Å². The van der Waals surface area contributed by atoms with Gasteiger partial charge in [-0.05, 0) is 6.42 Å². The quantitative estimate of drug-likeness (QED) is 0.500. The maximum Gasteiger partial charge on any atom is 0.407 e. The fourth-order valence-corrected chi connectivity index (χ4v) is 1.07. The molecule has 0 radical (unpaired) electrons. The van der Waals surface area contributed by atoms with Crippen LogP contribution < -0.4 is 0 Å². The largest absolute Gasteiger partial charge is 0.465 e. The predicted molar refractivity (Wildman–Crippen MR) is 36.5 cm³/mol. The lowest BCUT2D eigenvalue weighted by Crippen LogP contribution is -2.26. The minimum Gasteiger partial charge on any atom is -0.465 e. The van der Waals surface area contributed by atoms with Crippen molar-refractivity contribution in [2.24, 2.45) is 5.92 Å². The van der Waals surface area contributed by atoms with Gasteiger partial charge in [0.2, 0.25) is 0 Å². The minimum atomic E-state index is -0.863. The fraction of sp³-hybridized carbons (Fsp3) is 0.571. The van der Waals surface area contributed by atoms with E-state index in [0.717, 1.165) is 6.42 Å². The standard InChI is InChI=1S/C7H9NO2/c1-2-6-3-4-8(5-6)7(9)10/h1,6H,3-5H2,(H,9,10)/t6-/m0/s1. The third-order valence-electron chi connectivity index (χ3n) is 1.69. The molecule has 0 aromatic rings. The van der Waals surface area contributed by atoms with Gasteiger partial charge in [0, 0.05) is 19.0 Å². The summed E-state index contributed by atoms with van der Waals surface area (Å²) in [5, 5.41) is 8.48. The van der Waals surface area contributed by atoms with Crippen LogP contribution in [0.25, 0.3) is 0 Å². The summed E-state index contributed by atoms with van der Waals surface area (Å²) in [6.07, 6.45) is 5.07. The molecule has 3 nitrogen and oxygen atoms in total. The molecular weight excluding hydrogens is 130 g/mol. The second-order valence-electron chi connectivity index (χ2n) is 2.38. The summed E-state index contributed by atoms with van der Waals surface area (Å²) in [5.41, 5.74) is 0. The normalized spacial score (nSPS) is 24.3. The fourth-order valence-electron chi connectivity index (χ4n) is 1.07. The van der Waals surface area contributed by atoms with Gasteiger partial charge in [0.25, 0.3) is 0 Å². The summed E-state index contributed by atoms with van der Waals surface area (Å²) in [4.78, 5) is 11.7. The zero-order valence-electron chi connectivity index (χ0n) is 5.58. The van der Waals surface area contributed by atoms with Crippen molar-refractivity contribution in [3.63, 3.8) is 0 Å². The monoisotopic (exact) mass is 139 g/mol. The Bertz CT molecular complexity index is 183. The molecule has 1 atom stereocenters. The number of hydrogen-bond donors (Lipinski definition) is 1. The molecule has 1 N–H and O–H groups in total. The number of carbonyl (C=O) groups is 1. The van der Waals surface area contributed by atoms with Gasteiger partial charge < -0.3 is 10.0 Å². The highest BCUT2D eigenvalue weighted by molar-refractivity contribution is 5.65. The van der Waals surface area contributed by atoms with Gasteiger partial charge >= 0.3 is 6.09 Å². The number of likely N-dealkylation sites (tertiary alicyclic amines) is 1. The lowest BCUT2D eigenvalue weighted by Gasteiger charge is -2.08. The zero-order valence-corrected chi connectivity index (χ0v) is 5.58. The van der Waals surface area contributed by atoms with Crippen LogP contribution in [-0.4, -0.2) is 29.2 Å². The molecule has 10 heavy (non-hydrogen) atoms. The third-order valence-corrected chi connectivity index (χ3v) is 1.69. The molecule has 0 aromatic carbocycles. The summed E-state index contributed by atoms with van der Waals surface area (Å²) >= 11 is 0. The number of hydrogen-bond acceptors (Lipinski definition) is 1. The maximum absolute atomic E-state index is 10.3. The van der Waals surface area contributed by atoms with E-state index in [0.29, 0.717) is 13.1 Å². The molecule has 1 saturated heterocycles. The molecule has 0 bridgehead atoms. The molecule has 0 aromatic heterocycles. The first-order chi connectivity index (χ1) is 4.74. The smallest absolute Gasteiger partial charge is 0.407 e. The molecule has 3 heteroatoms. The van der Waals surface area contributed by atoms with Crippen molar-refractivity contribution in [2.45, 2.75) is 6.42 Å². The highest BCUT2D eigenvalue weighted by Crippen LogP contribution is 2.14. The van der Waals surface area contributed by atoms with Crippen molar-refractivity contribution in [1.82, 2.24) is 4.90 Å². The van der Waals surface area contributed by atoms with E-state index in [2.05, 4.69) is 5.92 Å². The molecule has 0 aliphatic carbocycles. The predicted octanol–water partition coefficient (Wildman–Crippen LogP) is 0.619. The Morgan fingerprint density at radius 1 is 1.80 bits per heavy atom. The van der Waals surface area contributed by atoms with E-state index in [4.69, 9.17) is 11.5 Å². The molecule has 1 heterocycles. The van der Waals surface area contributed by atoms with E-state index in [1.54, 1.807) is 0 Å². The van der Waals surface area contributed by atoms with Crippen LogP contribution in [-0.2, 0) is 0 Å². The topological polar surface area (TPSA) is 40.5 Å². The third kappa shape index (κ3) is 1.21. The highest BCUT2D eigenvalue weighted by Gasteiger charge is 2.23. The lowest BCUT2D eigenvalue weighted by molar-refractivity contribution is 0.155. The number of nitrogens with zero attached hydrogens (tertiary/aromatic N) is 1. The first-order valence-corrected chi connectivity index (χ1v) is 3.18. The minimum absolute atomic E-state index is 0.135. The van der Waals surface area contributed by atoms with Gasteiger partial charge in [0.15, 0.2) is 0 Å². The first kappa shape index (κ1) is 6.94. The van der Waals surface area contributed by atoms with Gasteiger partial charge in [-0.3, -0.25) is 0 Å². The number of rotatable bonds is 0. The second-order valence-corrected chi connectivity index (χ2v) is 2.38. The summed E-state index contributed by atoms with van der Waals surface area (Å²) in [6.45, 7) is 1.09. The summed E-state index contributed by atoms with van der Waals surface area (Å²) in [7, 11) is 0. The van der Waals surface area contributed by atoms with Crippen LogP contribution in [0.4, 0.5) is 4.79 Å². The summed E-state index contributed by atoms with van der Waals surface area (Å²) in [5.74, 6) is 2.68. The van der Waals surface area contributed by atoms with Gasteiger partial charge in [-0.25, -0.2) is 4.79 Å². The van der Waals surface area contributed by atoms with Crippen LogP contribution in [0.2, 0.25) is 0 Å². The molecule has 1 rings (SSSR count). The van der Waals surface area contributed by atoms with Crippen LogP contribution in [0, 0.1) is 18.3 Å². The molecule has 0 unspecified atom stereocenters. The van der Waals surface area contributed by atoms with Crippen molar-refractivity contribution >= 4 is 6.09 Å². The summed E-state index contributed by atoms with van der Waals surface area (Å²) in [6, 6.07) is 0. The Labute approximate surface area is 59.6 Å². The maximum atomic E-state index is 10.3. The summed E-state index contributed by atoms with van der Waals surface area (Å²) < 4.78 is 0. The molecule has 1 aliphatic rings. The van der Waals surface area contributed by atoms with Crippen molar-refractivity contribution in [3.05, 3.63) is 0 Å². The van der Waals surface area contributed by atoms with Crippen molar-refractivity contribution in [3.8, 4) is 12.3 Å². The molecule has 1 amide bonds. The average Bonchev–Trinajstić information content (AvgIpc) is 2.34. The molecule has 0 spiro atoms. The van der Waals surface area contributed by atoms with Crippen molar-refractivity contribution < 1.29 is 9.90 Å². The molecule has 1 aliphatic heterocycles. The number of carboxylic acid groups (broad SMARTS) is 1. The van der Waals surface area contributed by atoms with E-state index >= 15 is 0 Å². The van der Waals surface area contributed by atoms with Gasteiger partial charge in [-0.2, -0.15) is 0 Å². The molecule has 0 saturated carbocycles. The average molecular weight is 139 g/mol. The first-order valence-electron chi connectivity index (χ1n) is 3.18. The van der Waals surface area contributed by atoms with E-state index < -0.39 is 6.09 Å². The van der Waals surface area contributed by atoms with Crippen LogP contribution in [0.1, 0.15) is 6.42 Å². The Morgan fingerprint density at radius 3 is 2.80 bits per heavy atom. The van der Waals surface area contributed by atoms with Gasteiger partial charge in [0.05, 0.1) is 0 Å². The zero-order chi connectivity index (χ0) is 7.56. The van der Waals surface area contributed by atoms with E-state index in [1.807, 2.05) is 0 Å². The Morgan fingerprint density at radius 2 is 2.50 bits per heavy atom. The molecule has 1 fully saturated rings. The lowest BCUT2D eigenvalue weighted by atomic mass is 10.1. The number of amides is 1. The van der Waals surface area contributed by atoms with Crippen molar-refractivity contribution in [1.29, 1.82) is 0 Å². The number of terminal acetylenes is 1. The Kier molecular flexibility index (Phi) is 1.81. The second kappa shape index (κ2) is 2.61. The highest BCUT2D eigenvalue weighted by atomic mass is 16.4. The van der Waals surface area contributed by atoms with Gasteiger partial charge in [-0.15, -0.1) is 12.3 Å².